The average Bonchev–Trinajstić information content (AvgIpc) is 2.41. The number of hydrogen-bond acceptors (Lipinski definition) is 3. The van der Waals surface area contributed by atoms with Crippen molar-refractivity contribution in [3.63, 3.8) is 0 Å². The van der Waals surface area contributed by atoms with Crippen LogP contribution in [0.1, 0.15) is 46.0 Å². The van der Waals surface area contributed by atoms with Gasteiger partial charge in [-0.3, -0.25) is 4.79 Å². The Labute approximate surface area is 144 Å². The highest BCUT2D eigenvalue weighted by atomic mass is 35.5. The van der Waals surface area contributed by atoms with Crippen LogP contribution in [0.4, 0.5) is 5.69 Å². The van der Waals surface area contributed by atoms with E-state index < -0.39 is 0 Å². The van der Waals surface area contributed by atoms with Crippen LogP contribution in [0, 0.1) is 0 Å². The average molecular weight is 349 g/mol. The van der Waals surface area contributed by atoms with Crippen LogP contribution < -0.4 is 15.8 Å². The fraction of sp³-hybridized carbons (Fsp3) is 0.562. The van der Waals surface area contributed by atoms with Crippen LogP contribution in [0.3, 0.4) is 0 Å². The third-order valence-corrected chi connectivity index (χ3v) is 3.23. The molecule has 1 amide bonds. The summed E-state index contributed by atoms with van der Waals surface area (Å²) in [7, 11) is 0. The molecule has 0 heterocycles. The normalized spacial score (nSPS) is 10.2. The van der Waals surface area contributed by atoms with Crippen molar-refractivity contribution >= 4 is 35.6 Å². The molecule has 0 aliphatic heterocycles. The van der Waals surface area contributed by atoms with Crippen molar-refractivity contribution in [1.82, 2.24) is 0 Å². The number of anilines is 1. The number of unbranched alkanes of at least 4 members (excludes halogenated alkanes) is 3. The lowest BCUT2D eigenvalue weighted by molar-refractivity contribution is -0.116. The van der Waals surface area contributed by atoms with E-state index >= 15 is 0 Å². The first kappa shape index (κ1) is 21.0. The number of carbonyl (C=O) groups is 1. The molecule has 4 nitrogen and oxygen atoms in total. The Hall–Kier alpha value is -0.970. The van der Waals surface area contributed by atoms with Gasteiger partial charge < -0.3 is 15.8 Å². The van der Waals surface area contributed by atoms with Crippen molar-refractivity contribution in [2.45, 2.75) is 52.1 Å². The number of carbonyl (C=O) groups excluding carboxylic acids is 1. The van der Waals surface area contributed by atoms with Crippen LogP contribution in [0.2, 0.25) is 5.02 Å². The first-order valence-corrected chi connectivity index (χ1v) is 7.87. The zero-order valence-electron chi connectivity index (χ0n) is 13.2. The Kier molecular flexibility index (Phi) is 11.1. The third kappa shape index (κ3) is 8.47. The molecule has 0 bridgehead atoms. The van der Waals surface area contributed by atoms with Crippen LogP contribution in [0.5, 0.6) is 5.75 Å². The Morgan fingerprint density at radius 3 is 2.55 bits per heavy atom. The van der Waals surface area contributed by atoms with E-state index in [0.29, 0.717) is 22.9 Å². The molecule has 3 N–H and O–H groups in total. The molecular weight excluding hydrogens is 323 g/mol. The molecule has 126 valence electrons. The van der Waals surface area contributed by atoms with E-state index in [-0.39, 0.29) is 24.4 Å². The molecule has 22 heavy (non-hydrogen) atoms. The second-order valence-electron chi connectivity index (χ2n) is 5.31. The lowest BCUT2D eigenvalue weighted by atomic mass is 10.1. The number of nitrogens with two attached hydrogens (primary N) is 1. The summed E-state index contributed by atoms with van der Waals surface area (Å²) in [5.41, 5.74) is 6.12. The molecule has 1 aromatic carbocycles. The molecule has 0 saturated carbocycles. The Bertz CT molecular complexity index is 454. The first-order valence-electron chi connectivity index (χ1n) is 7.49. The van der Waals surface area contributed by atoms with Gasteiger partial charge >= 0.3 is 0 Å². The van der Waals surface area contributed by atoms with Crippen LogP contribution >= 0.6 is 24.0 Å². The van der Waals surface area contributed by atoms with Crippen molar-refractivity contribution in [3.8, 4) is 5.75 Å². The molecule has 0 radical (unpaired) electrons. The molecule has 0 aromatic heterocycles. The number of halogens is 2. The van der Waals surface area contributed by atoms with Crippen LogP contribution in [0.15, 0.2) is 18.2 Å². The SMILES string of the molecule is CC(C)Oc1ccc(NC(=O)CCCCCCN)cc1Cl.Cl. The predicted molar refractivity (Wildman–Crippen MR) is 95.2 cm³/mol. The molecule has 0 atom stereocenters. The quantitative estimate of drug-likeness (QED) is 0.650. The van der Waals surface area contributed by atoms with Gasteiger partial charge in [-0.2, -0.15) is 0 Å². The highest BCUT2D eigenvalue weighted by molar-refractivity contribution is 6.32. The summed E-state index contributed by atoms with van der Waals surface area (Å²) in [4.78, 5) is 11.8. The molecule has 0 aliphatic rings. The lowest BCUT2D eigenvalue weighted by Crippen LogP contribution is -2.11. The standard InChI is InChI=1S/C16H25ClN2O2.ClH/c1-12(2)21-15-9-8-13(11-14(15)17)19-16(20)7-5-3-4-6-10-18;/h8-9,11-12H,3-7,10,18H2,1-2H3,(H,19,20);1H. The fourth-order valence-corrected chi connectivity index (χ4v) is 2.16. The molecule has 1 rings (SSSR count). The summed E-state index contributed by atoms with van der Waals surface area (Å²) in [5, 5.41) is 3.35. The van der Waals surface area contributed by atoms with Gasteiger partial charge in [0.15, 0.2) is 0 Å². The highest BCUT2D eigenvalue weighted by Gasteiger charge is 2.07. The van der Waals surface area contributed by atoms with Gasteiger partial charge in [-0.05, 0) is 51.4 Å². The number of rotatable bonds is 9. The third-order valence-electron chi connectivity index (χ3n) is 2.94. The van der Waals surface area contributed by atoms with Gasteiger partial charge in [0.05, 0.1) is 11.1 Å². The van der Waals surface area contributed by atoms with Crippen molar-refractivity contribution in [2.75, 3.05) is 11.9 Å². The minimum Gasteiger partial charge on any atom is -0.489 e. The topological polar surface area (TPSA) is 64.3 Å². The first-order chi connectivity index (χ1) is 10.0. The minimum absolute atomic E-state index is 0. The summed E-state index contributed by atoms with van der Waals surface area (Å²) < 4.78 is 5.55. The second-order valence-corrected chi connectivity index (χ2v) is 5.72. The number of amides is 1. The maximum Gasteiger partial charge on any atom is 0.224 e. The highest BCUT2D eigenvalue weighted by Crippen LogP contribution is 2.28. The van der Waals surface area contributed by atoms with Crippen LogP contribution in [-0.4, -0.2) is 18.6 Å². The number of hydrogen-bond donors (Lipinski definition) is 2. The molecular formula is C16H26Cl2N2O2. The summed E-state index contributed by atoms with van der Waals surface area (Å²) in [6.07, 6.45) is 4.61. The minimum atomic E-state index is 0. The van der Waals surface area contributed by atoms with Crippen LogP contribution in [-0.2, 0) is 4.79 Å². The number of nitrogens with one attached hydrogen (secondary N) is 1. The summed E-state index contributed by atoms with van der Waals surface area (Å²) >= 11 is 6.13. The number of ether oxygens (including phenoxy) is 1. The van der Waals surface area contributed by atoms with Gasteiger partial charge in [-0.15, -0.1) is 12.4 Å². The molecule has 0 fully saturated rings. The lowest BCUT2D eigenvalue weighted by Gasteiger charge is -2.12. The summed E-state index contributed by atoms with van der Waals surface area (Å²) in [5.74, 6) is 0.641. The molecule has 0 aliphatic carbocycles. The van der Waals surface area contributed by atoms with E-state index in [4.69, 9.17) is 22.1 Å². The Morgan fingerprint density at radius 2 is 1.95 bits per heavy atom. The van der Waals surface area contributed by atoms with Crippen molar-refractivity contribution in [2.24, 2.45) is 5.73 Å². The molecule has 0 unspecified atom stereocenters. The predicted octanol–water partition coefficient (Wildman–Crippen LogP) is 4.40. The maximum absolute atomic E-state index is 11.8. The largest absolute Gasteiger partial charge is 0.489 e. The monoisotopic (exact) mass is 348 g/mol. The van der Waals surface area contributed by atoms with E-state index in [1.165, 1.54) is 0 Å². The summed E-state index contributed by atoms with van der Waals surface area (Å²) in [6.45, 7) is 4.60. The van der Waals surface area contributed by atoms with Gasteiger partial charge in [-0.1, -0.05) is 24.4 Å². The van der Waals surface area contributed by atoms with E-state index in [1.54, 1.807) is 18.2 Å². The van der Waals surface area contributed by atoms with Gasteiger partial charge in [0.1, 0.15) is 5.75 Å². The maximum atomic E-state index is 11.8. The smallest absolute Gasteiger partial charge is 0.224 e. The zero-order valence-corrected chi connectivity index (χ0v) is 14.8. The molecule has 1 aromatic rings. The van der Waals surface area contributed by atoms with Gasteiger partial charge in [-0.25, -0.2) is 0 Å². The Morgan fingerprint density at radius 1 is 1.27 bits per heavy atom. The van der Waals surface area contributed by atoms with E-state index in [0.717, 1.165) is 32.2 Å². The van der Waals surface area contributed by atoms with E-state index in [1.807, 2.05) is 13.8 Å². The van der Waals surface area contributed by atoms with Crippen molar-refractivity contribution < 1.29 is 9.53 Å². The number of benzene rings is 1. The Balaban J connectivity index is 0.00000441. The molecule has 0 saturated heterocycles. The zero-order chi connectivity index (χ0) is 15.7. The van der Waals surface area contributed by atoms with Crippen LogP contribution in [0.25, 0.3) is 0 Å². The summed E-state index contributed by atoms with van der Waals surface area (Å²) in [6, 6.07) is 5.29. The van der Waals surface area contributed by atoms with E-state index in [9.17, 15) is 4.79 Å². The molecule has 6 heteroatoms. The molecule has 0 spiro atoms. The van der Waals surface area contributed by atoms with E-state index in [2.05, 4.69) is 5.32 Å². The van der Waals surface area contributed by atoms with Gasteiger partial charge in [0.2, 0.25) is 5.91 Å². The van der Waals surface area contributed by atoms with Gasteiger partial charge in [0, 0.05) is 12.1 Å². The van der Waals surface area contributed by atoms with Crippen molar-refractivity contribution in [1.29, 1.82) is 0 Å². The van der Waals surface area contributed by atoms with Crippen molar-refractivity contribution in [3.05, 3.63) is 23.2 Å². The fourth-order valence-electron chi connectivity index (χ4n) is 1.94. The van der Waals surface area contributed by atoms with Gasteiger partial charge in [0.25, 0.3) is 0 Å². The second kappa shape index (κ2) is 11.6.